The zero-order valence-electron chi connectivity index (χ0n) is 18.0. The summed E-state index contributed by atoms with van der Waals surface area (Å²) >= 11 is 1.64. The molecule has 166 valence electrons. The van der Waals surface area contributed by atoms with Gasteiger partial charge in [0.1, 0.15) is 5.75 Å². The first-order chi connectivity index (χ1) is 15.6. The summed E-state index contributed by atoms with van der Waals surface area (Å²) in [4.78, 5) is 27.3. The summed E-state index contributed by atoms with van der Waals surface area (Å²) in [6, 6.07) is 17.5. The maximum Gasteiger partial charge on any atom is 0.313 e. The van der Waals surface area contributed by atoms with Crippen LogP contribution in [0.2, 0.25) is 0 Å². The van der Waals surface area contributed by atoms with Gasteiger partial charge in [0.05, 0.1) is 12.6 Å². The van der Waals surface area contributed by atoms with Gasteiger partial charge in [0, 0.05) is 25.3 Å². The summed E-state index contributed by atoms with van der Waals surface area (Å²) in [5.74, 6) is -0.601. The van der Waals surface area contributed by atoms with Crippen molar-refractivity contribution in [3.8, 4) is 5.75 Å². The quantitative estimate of drug-likeness (QED) is 0.535. The molecule has 1 aromatic heterocycles. The van der Waals surface area contributed by atoms with E-state index in [0.717, 1.165) is 30.8 Å². The van der Waals surface area contributed by atoms with Gasteiger partial charge in [-0.15, -0.1) is 0 Å². The van der Waals surface area contributed by atoms with Crippen molar-refractivity contribution in [3.63, 3.8) is 0 Å². The van der Waals surface area contributed by atoms with E-state index in [9.17, 15) is 9.59 Å². The molecule has 0 spiro atoms. The van der Waals surface area contributed by atoms with Crippen LogP contribution in [-0.2, 0) is 22.6 Å². The normalized spacial score (nSPS) is 14.3. The van der Waals surface area contributed by atoms with Crippen LogP contribution in [0.1, 0.15) is 29.7 Å². The molecule has 2 aromatic carbocycles. The fourth-order valence-corrected chi connectivity index (χ4v) is 4.67. The number of carbonyl (C=O) groups is 2. The van der Waals surface area contributed by atoms with Crippen LogP contribution >= 0.6 is 11.3 Å². The van der Waals surface area contributed by atoms with Crippen molar-refractivity contribution in [3.05, 3.63) is 82.0 Å². The minimum atomic E-state index is -0.679. The number of anilines is 1. The van der Waals surface area contributed by atoms with Gasteiger partial charge in [0.15, 0.2) is 0 Å². The van der Waals surface area contributed by atoms with Crippen molar-refractivity contribution < 1.29 is 14.3 Å². The minimum Gasteiger partial charge on any atom is -0.494 e. The third-order valence-electron chi connectivity index (χ3n) is 5.61. The molecule has 2 N–H and O–H groups in total. The van der Waals surface area contributed by atoms with E-state index >= 15 is 0 Å². The highest BCUT2D eigenvalue weighted by Crippen LogP contribution is 2.28. The van der Waals surface area contributed by atoms with E-state index in [1.165, 1.54) is 11.1 Å². The molecule has 1 unspecified atom stereocenters. The number of ether oxygens (including phenoxy) is 1. The molecule has 2 amide bonds. The fraction of sp³-hybridized carbons (Fsp3) is 0.280. The van der Waals surface area contributed by atoms with Crippen molar-refractivity contribution in [1.29, 1.82) is 0 Å². The Balaban J connectivity index is 1.38. The van der Waals surface area contributed by atoms with E-state index in [4.69, 9.17) is 4.74 Å². The van der Waals surface area contributed by atoms with E-state index < -0.39 is 11.8 Å². The maximum atomic E-state index is 12.5. The van der Waals surface area contributed by atoms with Gasteiger partial charge in [-0.3, -0.25) is 14.5 Å². The van der Waals surface area contributed by atoms with Crippen LogP contribution in [0, 0.1) is 0 Å². The van der Waals surface area contributed by atoms with Gasteiger partial charge in [-0.2, -0.15) is 11.3 Å². The summed E-state index contributed by atoms with van der Waals surface area (Å²) in [5.41, 5.74) is 4.40. The number of benzene rings is 2. The third-order valence-corrected chi connectivity index (χ3v) is 6.32. The lowest BCUT2D eigenvalue weighted by Crippen LogP contribution is -2.43. The SMILES string of the molecule is CCOc1ccc(NC(=O)C(=O)NCC(c2ccsc2)N2CCc3ccccc3C2)cc1. The molecule has 0 saturated heterocycles. The van der Waals surface area contributed by atoms with Crippen LogP contribution in [-0.4, -0.2) is 36.4 Å². The number of nitrogens with one attached hydrogen (secondary N) is 2. The monoisotopic (exact) mass is 449 g/mol. The molecule has 0 aliphatic carbocycles. The molecule has 1 aliphatic heterocycles. The molecular weight excluding hydrogens is 422 g/mol. The number of carbonyl (C=O) groups excluding carboxylic acids is 2. The molecule has 6 nitrogen and oxygen atoms in total. The van der Waals surface area contributed by atoms with Gasteiger partial charge in [-0.05, 0) is 71.1 Å². The molecule has 3 aromatic rings. The van der Waals surface area contributed by atoms with Crippen LogP contribution in [0.15, 0.2) is 65.4 Å². The lowest BCUT2D eigenvalue weighted by Gasteiger charge is -2.35. The predicted octanol–water partition coefficient (Wildman–Crippen LogP) is 4.00. The second-order valence-electron chi connectivity index (χ2n) is 7.68. The number of thiophene rings is 1. The Hall–Kier alpha value is -3.16. The molecule has 2 heterocycles. The highest BCUT2D eigenvalue weighted by atomic mass is 32.1. The number of rotatable bonds is 7. The van der Waals surface area contributed by atoms with E-state index in [-0.39, 0.29) is 6.04 Å². The number of hydrogen-bond donors (Lipinski definition) is 2. The zero-order valence-corrected chi connectivity index (χ0v) is 18.9. The first-order valence-corrected chi connectivity index (χ1v) is 11.7. The van der Waals surface area contributed by atoms with Crippen molar-refractivity contribution in [2.45, 2.75) is 25.9 Å². The molecule has 1 atom stereocenters. The Morgan fingerprint density at radius 1 is 1.06 bits per heavy atom. The van der Waals surface area contributed by atoms with Gasteiger partial charge < -0.3 is 15.4 Å². The van der Waals surface area contributed by atoms with Gasteiger partial charge >= 0.3 is 11.8 Å². The average Bonchev–Trinajstić information content (AvgIpc) is 3.35. The van der Waals surface area contributed by atoms with Crippen molar-refractivity contribution in [1.82, 2.24) is 10.2 Å². The Morgan fingerprint density at radius 3 is 2.56 bits per heavy atom. The molecule has 0 bridgehead atoms. The van der Waals surface area contributed by atoms with Gasteiger partial charge in [0.2, 0.25) is 0 Å². The molecule has 1 aliphatic rings. The van der Waals surface area contributed by atoms with Crippen LogP contribution in [0.4, 0.5) is 5.69 Å². The van der Waals surface area contributed by atoms with E-state index in [0.29, 0.717) is 18.8 Å². The summed E-state index contributed by atoms with van der Waals surface area (Å²) in [7, 11) is 0. The lowest BCUT2D eigenvalue weighted by molar-refractivity contribution is -0.136. The van der Waals surface area contributed by atoms with Crippen LogP contribution in [0.3, 0.4) is 0 Å². The standard InChI is InChI=1S/C25H27N3O3S/c1-2-31-22-9-7-21(8-10-22)27-25(30)24(29)26-15-23(20-12-14-32-17-20)28-13-11-18-5-3-4-6-19(18)16-28/h3-10,12,14,17,23H,2,11,13,15-16H2,1H3,(H,26,29)(H,27,30). The number of fused-ring (bicyclic) bond motifs is 1. The summed E-state index contributed by atoms with van der Waals surface area (Å²) < 4.78 is 5.40. The maximum absolute atomic E-state index is 12.5. The Morgan fingerprint density at radius 2 is 1.84 bits per heavy atom. The van der Waals surface area contributed by atoms with Gasteiger partial charge in [0.25, 0.3) is 0 Å². The lowest BCUT2D eigenvalue weighted by atomic mass is 9.97. The first-order valence-electron chi connectivity index (χ1n) is 10.8. The largest absolute Gasteiger partial charge is 0.494 e. The van der Waals surface area contributed by atoms with E-state index in [1.807, 2.05) is 12.3 Å². The molecule has 4 rings (SSSR count). The average molecular weight is 450 g/mol. The van der Waals surface area contributed by atoms with Crippen molar-refractivity contribution in [2.75, 3.05) is 25.0 Å². The number of nitrogens with zero attached hydrogens (tertiary/aromatic N) is 1. The predicted molar refractivity (Wildman–Crippen MR) is 127 cm³/mol. The summed E-state index contributed by atoms with van der Waals surface area (Å²) in [5, 5.41) is 9.63. The van der Waals surface area contributed by atoms with Crippen LogP contribution < -0.4 is 15.4 Å². The topological polar surface area (TPSA) is 70.7 Å². The molecular formula is C25H27N3O3S. The molecule has 0 radical (unpaired) electrons. The molecule has 32 heavy (non-hydrogen) atoms. The van der Waals surface area contributed by atoms with Gasteiger partial charge in [-0.1, -0.05) is 24.3 Å². The smallest absolute Gasteiger partial charge is 0.313 e. The van der Waals surface area contributed by atoms with Crippen molar-refractivity contribution in [2.24, 2.45) is 0 Å². The van der Waals surface area contributed by atoms with Crippen LogP contribution in [0.5, 0.6) is 5.75 Å². The summed E-state index contributed by atoms with van der Waals surface area (Å²) in [6.45, 7) is 4.58. The molecule has 0 saturated carbocycles. The number of hydrogen-bond acceptors (Lipinski definition) is 5. The summed E-state index contributed by atoms with van der Waals surface area (Å²) in [6.07, 6.45) is 0.975. The Bertz CT molecular complexity index is 1050. The molecule has 7 heteroatoms. The Kier molecular flexibility index (Phi) is 7.19. The van der Waals surface area contributed by atoms with E-state index in [2.05, 4.69) is 51.2 Å². The highest BCUT2D eigenvalue weighted by molar-refractivity contribution is 7.08. The third kappa shape index (κ3) is 5.36. The first kappa shape index (κ1) is 22.0. The fourth-order valence-electron chi connectivity index (χ4n) is 3.96. The zero-order chi connectivity index (χ0) is 22.3. The van der Waals surface area contributed by atoms with E-state index in [1.54, 1.807) is 35.6 Å². The van der Waals surface area contributed by atoms with Gasteiger partial charge in [-0.25, -0.2) is 0 Å². The van der Waals surface area contributed by atoms with Crippen LogP contribution in [0.25, 0.3) is 0 Å². The number of amides is 2. The second-order valence-corrected chi connectivity index (χ2v) is 8.46. The molecule has 0 fully saturated rings. The van der Waals surface area contributed by atoms with Crippen molar-refractivity contribution >= 4 is 28.8 Å². The Labute approximate surface area is 192 Å². The highest BCUT2D eigenvalue weighted by Gasteiger charge is 2.26. The second kappa shape index (κ2) is 10.4. The minimum absolute atomic E-state index is 0.0110.